The zero-order valence-corrected chi connectivity index (χ0v) is 6.49. The Morgan fingerprint density at radius 2 is 1.70 bits per heavy atom. The molecule has 10 heavy (non-hydrogen) atoms. The minimum absolute atomic E-state index is 0.146. The molecule has 0 fully saturated rings. The predicted octanol–water partition coefficient (Wildman–Crippen LogP) is 0.848. The van der Waals surface area contributed by atoms with E-state index in [1.54, 1.807) is 13.8 Å². The van der Waals surface area contributed by atoms with Crippen molar-refractivity contribution in [3.05, 3.63) is 11.3 Å². The third-order valence-corrected chi connectivity index (χ3v) is 1.12. The van der Waals surface area contributed by atoms with Crippen LogP contribution in [0.4, 0.5) is 0 Å². The molecule has 0 bridgehead atoms. The Hall–Kier alpha value is -1.12. The Kier molecular flexibility index (Phi) is 2.80. The SMILES string of the molecule is CC(=N)/C(C(C)=O)=C(/C)N. The molecule has 56 valence electrons. The number of hydrogen-bond donors (Lipinski definition) is 2. The van der Waals surface area contributed by atoms with Crippen LogP contribution in [0.25, 0.3) is 0 Å². The molecule has 0 rings (SSSR count). The number of carbonyl (C=O) groups excluding carboxylic acids is 1. The lowest BCUT2D eigenvalue weighted by atomic mass is 10.1. The molecular formula is C7H12N2O. The minimum Gasteiger partial charge on any atom is -0.402 e. The maximum atomic E-state index is 10.7. The van der Waals surface area contributed by atoms with Gasteiger partial charge in [-0.1, -0.05) is 0 Å². The average Bonchev–Trinajstić information content (AvgIpc) is 1.59. The monoisotopic (exact) mass is 140 g/mol. The van der Waals surface area contributed by atoms with Gasteiger partial charge in [-0.2, -0.15) is 0 Å². The molecule has 0 saturated carbocycles. The first-order valence-electron chi connectivity index (χ1n) is 2.99. The summed E-state index contributed by atoms with van der Waals surface area (Å²) in [5, 5.41) is 7.15. The Morgan fingerprint density at radius 1 is 1.30 bits per heavy atom. The van der Waals surface area contributed by atoms with Crippen molar-refractivity contribution in [2.24, 2.45) is 5.73 Å². The lowest BCUT2D eigenvalue weighted by molar-refractivity contribution is -0.113. The summed E-state index contributed by atoms with van der Waals surface area (Å²) in [7, 11) is 0. The maximum Gasteiger partial charge on any atom is 0.163 e. The van der Waals surface area contributed by atoms with Gasteiger partial charge in [-0.05, 0) is 20.8 Å². The second-order valence-corrected chi connectivity index (χ2v) is 2.24. The van der Waals surface area contributed by atoms with E-state index in [4.69, 9.17) is 11.1 Å². The van der Waals surface area contributed by atoms with Crippen LogP contribution in [-0.2, 0) is 4.79 Å². The highest BCUT2D eigenvalue weighted by Crippen LogP contribution is 2.01. The number of carbonyl (C=O) groups is 1. The summed E-state index contributed by atoms with van der Waals surface area (Å²) in [4.78, 5) is 10.7. The van der Waals surface area contributed by atoms with Crippen molar-refractivity contribution in [1.82, 2.24) is 0 Å². The molecule has 0 atom stereocenters. The predicted molar refractivity (Wildman–Crippen MR) is 41.0 cm³/mol. The first-order chi connectivity index (χ1) is 4.46. The number of hydrogen-bond acceptors (Lipinski definition) is 3. The van der Waals surface area contributed by atoms with Crippen molar-refractivity contribution in [2.75, 3.05) is 0 Å². The Balaban J connectivity index is 4.79. The minimum atomic E-state index is -0.146. The molecule has 0 aromatic carbocycles. The van der Waals surface area contributed by atoms with E-state index in [1.807, 2.05) is 0 Å². The summed E-state index contributed by atoms with van der Waals surface area (Å²) in [6, 6.07) is 0. The van der Waals surface area contributed by atoms with Crippen molar-refractivity contribution in [1.29, 1.82) is 5.41 Å². The van der Waals surface area contributed by atoms with E-state index >= 15 is 0 Å². The Morgan fingerprint density at radius 3 is 1.70 bits per heavy atom. The molecule has 0 saturated heterocycles. The molecule has 0 aromatic rings. The molecule has 0 amide bonds. The fraction of sp³-hybridized carbons (Fsp3) is 0.429. The molecule has 0 aliphatic carbocycles. The van der Waals surface area contributed by atoms with Gasteiger partial charge in [-0.3, -0.25) is 4.79 Å². The summed E-state index contributed by atoms with van der Waals surface area (Å²) < 4.78 is 0. The summed E-state index contributed by atoms with van der Waals surface area (Å²) in [5.41, 5.74) is 6.34. The van der Waals surface area contributed by atoms with Crippen LogP contribution < -0.4 is 5.73 Å². The molecule has 0 heterocycles. The third kappa shape index (κ3) is 2.01. The fourth-order valence-corrected chi connectivity index (χ4v) is 0.837. The first-order valence-corrected chi connectivity index (χ1v) is 2.99. The summed E-state index contributed by atoms with van der Waals surface area (Å²) in [5.74, 6) is -0.146. The topological polar surface area (TPSA) is 66.9 Å². The summed E-state index contributed by atoms with van der Waals surface area (Å²) in [6.07, 6.45) is 0. The molecule has 0 aliphatic heterocycles. The first kappa shape index (κ1) is 8.88. The molecule has 3 nitrogen and oxygen atoms in total. The van der Waals surface area contributed by atoms with Crippen molar-refractivity contribution < 1.29 is 4.79 Å². The van der Waals surface area contributed by atoms with Gasteiger partial charge in [0.1, 0.15) is 0 Å². The van der Waals surface area contributed by atoms with E-state index < -0.39 is 0 Å². The van der Waals surface area contributed by atoms with Gasteiger partial charge >= 0.3 is 0 Å². The second kappa shape index (κ2) is 3.15. The standard InChI is InChI=1S/C7H12N2O/c1-4(8)7(5(2)9)6(3)10/h8H,9H2,1-3H3/b7-5+,8-4?. The summed E-state index contributed by atoms with van der Waals surface area (Å²) in [6.45, 7) is 4.58. The smallest absolute Gasteiger partial charge is 0.163 e. The van der Waals surface area contributed by atoms with Crippen molar-refractivity contribution in [3.8, 4) is 0 Å². The number of rotatable bonds is 2. The Labute approximate surface area is 60.4 Å². The van der Waals surface area contributed by atoms with Gasteiger partial charge in [0.15, 0.2) is 5.78 Å². The number of allylic oxidation sites excluding steroid dienone is 2. The highest BCUT2D eigenvalue weighted by Gasteiger charge is 2.07. The molecule has 0 radical (unpaired) electrons. The number of Topliss-reactive ketones (excluding diaryl/α,β-unsaturated/α-hetero) is 1. The van der Waals surface area contributed by atoms with Crippen LogP contribution in [0.3, 0.4) is 0 Å². The van der Waals surface area contributed by atoms with Gasteiger partial charge in [0.05, 0.1) is 5.57 Å². The quantitative estimate of drug-likeness (QED) is 0.441. The van der Waals surface area contributed by atoms with Crippen LogP contribution in [0.15, 0.2) is 11.3 Å². The van der Waals surface area contributed by atoms with Gasteiger partial charge in [0.2, 0.25) is 0 Å². The van der Waals surface area contributed by atoms with Crippen molar-refractivity contribution in [3.63, 3.8) is 0 Å². The van der Waals surface area contributed by atoms with Crippen LogP contribution in [0.1, 0.15) is 20.8 Å². The second-order valence-electron chi connectivity index (χ2n) is 2.24. The van der Waals surface area contributed by atoms with E-state index in [0.29, 0.717) is 11.3 Å². The fourth-order valence-electron chi connectivity index (χ4n) is 0.837. The zero-order valence-electron chi connectivity index (χ0n) is 6.49. The Bertz CT molecular complexity index is 184. The molecule has 0 spiro atoms. The number of ketones is 1. The van der Waals surface area contributed by atoms with Crippen LogP contribution in [0, 0.1) is 5.41 Å². The van der Waals surface area contributed by atoms with Crippen molar-refractivity contribution in [2.45, 2.75) is 20.8 Å². The van der Waals surface area contributed by atoms with Crippen molar-refractivity contribution >= 4 is 11.5 Å². The van der Waals surface area contributed by atoms with Crippen LogP contribution >= 0.6 is 0 Å². The maximum absolute atomic E-state index is 10.7. The van der Waals surface area contributed by atoms with Gasteiger partial charge in [0, 0.05) is 11.4 Å². The van der Waals surface area contributed by atoms with E-state index in [-0.39, 0.29) is 11.5 Å². The number of nitrogens with two attached hydrogens (primary N) is 1. The van der Waals surface area contributed by atoms with E-state index in [1.165, 1.54) is 6.92 Å². The normalized spacial score (nSPS) is 12.3. The van der Waals surface area contributed by atoms with Gasteiger partial charge in [-0.15, -0.1) is 0 Å². The van der Waals surface area contributed by atoms with Gasteiger partial charge in [0.25, 0.3) is 0 Å². The van der Waals surface area contributed by atoms with E-state index in [0.717, 1.165) is 0 Å². The molecule has 0 unspecified atom stereocenters. The number of nitrogens with one attached hydrogen (secondary N) is 1. The molecule has 0 aliphatic rings. The lowest BCUT2D eigenvalue weighted by Crippen LogP contribution is -2.12. The van der Waals surface area contributed by atoms with Gasteiger partial charge < -0.3 is 11.1 Å². The summed E-state index contributed by atoms with van der Waals surface area (Å²) >= 11 is 0. The van der Waals surface area contributed by atoms with Crippen LogP contribution in [0.5, 0.6) is 0 Å². The molecule has 3 heteroatoms. The highest BCUT2D eigenvalue weighted by molar-refractivity contribution is 6.20. The van der Waals surface area contributed by atoms with E-state index in [9.17, 15) is 4.79 Å². The van der Waals surface area contributed by atoms with Gasteiger partial charge in [-0.25, -0.2) is 0 Å². The largest absolute Gasteiger partial charge is 0.402 e. The lowest BCUT2D eigenvalue weighted by Gasteiger charge is -2.01. The molecule has 3 N–H and O–H groups in total. The third-order valence-electron chi connectivity index (χ3n) is 1.12. The highest BCUT2D eigenvalue weighted by atomic mass is 16.1. The molecule has 0 aromatic heterocycles. The zero-order chi connectivity index (χ0) is 8.31. The average molecular weight is 140 g/mol. The van der Waals surface area contributed by atoms with E-state index in [2.05, 4.69) is 0 Å². The van der Waals surface area contributed by atoms with Crippen LogP contribution in [-0.4, -0.2) is 11.5 Å². The van der Waals surface area contributed by atoms with Crippen LogP contribution in [0.2, 0.25) is 0 Å². The molecular weight excluding hydrogens is 128 g/mol.